The number of anilines is 1. The van der Waals surface area contributed by atoms with E-state index < -0.39 is 0 Å². The van der Waals surface area contributed by atoms with Crippen LogP contribution in [0, 0.1) is 0 Å². The minimum absolute atomic E-state index is 0.00466. The van der Waals surface area contributed by atoms with Crippen LogP contribution in [0.5, 0.6) is 0 Å². The van der Waals surface area contributed by atoms with Gasteiger partial charge in [0.25, 0.3) is 0 Å². The standard InChI is InChI=1S/C20H29N3O3/c1-2-16-6-3-4-8-18(16)21-19(24)15-22-9-11-23(12-10-22)20(25)14-17-7-5-13-26-17/h3-4,6,8,17H,2,5,7,9-15H2,1H3,(H,21,24). The van der Waals surface area contributed by atoms with Crippen LogP contribution in [0.1, 0.15) is 31.7 Å². The lowest BCUT2D eigenvalue weighted by Gasteiger charge is -2.34. The van der Waals surface area contributed by atoms with Crippen LogP contribution in [0.4, 0.5) is 5.69 Å². The van der Waals surface area contributed by atoms with E-state index in [4.69, 9.17) is 4.74 Å². The minimum Gasteiger partial charge on any atom is -0.378 e. The maximum Gasteiger partial charge on any atom is 0.238 e. The second-order valence-corrected chi connectivity index (χ2v) is 7.05. The lowest BCUT2D eigenvalue weighted by Crippen LogP contribution is -2.50. The molecule has 1 N–H and O–H groups in total. The van der Waals surface area contributed by atoms with Crippen LogP contribution in [0.15, 0.2) is 24.3 Å². The number of amides is 2. The van der Waals surface area contributed by atoms with E-state index in [1.165, 1.54) is 0 Å². The highest BCUT2D eigenvalue weighted by Gasteiger charge is 2.26. The Morgan fingerprint density at radius 3 is 2.65 bits per heavy atom. The molecule has 2 aliphatic rings. The first-order valence-corrected chi connectivity index (χ1v) is 9.65. The van der Waals surface area contributed by atoms with E-state index in [1.54, 1.807) is 0 Å². The van der Waals surface area contributed by atoms with Crippen molar-refractivity contribution >= 4 is 17.5 Å². The molecule has 3 rings (SSSR count). The molecule has 142 valence electrons. The fraction of sp³-hybridized carbons (Fsp3) is 0.600. The molecule has 1 aromatic carbocycles. The Bertz CT molecular complexity index is 620. The number of hydrogen-bond acceptors (Lipinski definition) is 4. The molecular formula is C20H29N3O3. The van der Waals surface area contributed by atoms with E-state index in [0.29, 0.717) is 26.1 Å². The third-order valence-corrected chi connectivity index (χ3v) is 5.19. The normalized spacial score (nSPS) is 21.0. The van der Waals surface area contributed by atoms with Crippen LogP contribution < -0.4 is 5.32 Å². The van der Waals surface area contributed by atoms with Gasteiger partial charge in [-0.15, -0.1) is 0 Å². The molecule has 0 spiro atoms. The Hall–Kier alpha value is -1.92. The number of carbonyl (C=O) groups excluding carboxylic acids is 2. The van der Waals surface area contributed by atoms with E-state index in [0.717, 1.165) is 50.2 Å². The summed E-state index contributed by atoms with van der Waals surface area (Å²) in [5, 5.41) is 3.01. The molecular weight excluding hydrogens is 330 g/mol. The number of carbonyl (C=O) groups is 2. The molecule has 2 aliphatic heterocycles. The van der Waals surface area contributed by atoms with Crippen LogP contribution in [0.25, 0.3) is 0 Å². The van der Waals surface area contributed by atoms with Crippen LogP contribution in [0.2, 0.25) is 0 Å². The monoisotopic (exact) mass is 359 g/mol. The lowest BCUT2D eigenvalue weighted by molar-refractivity contribution is -0.135. The maximum absolute atomic E-state index is 12.3. The summed E-state index contributed by atoms with van der Waals surface area (Å²) < 4.78 is 5.55. The van der Waals surface area contributed by atoms with Gasteiger partial charge in [0.2, 0.25) is 11.8 Å². The zero-order chi connectivity index (χ0) is 18.4. The van der Waals surface area contributed by atoms with Crippen molar-refractivity contribution in [3.8, 4) is 0 Å². The van der Waals surface area contributed by atoms with Gasteiger partial charge in [-0.1, -0.05) is 25.1 Å². The van der Waals surface area contributed by atoms with Gasteiger partial charge in [-0.25, -0.2) is 0 Å². The topological polar surface area (TPSA) is 61.9 Å². The van der Waals surface area contributed by atoms with Gasteiger partial charge in [-0.2, -0.15) is 0 Å². The summed E-state index contributed by atoms with van der Waals surface area (Å²) in [6, 6.07) is 7.90. The Labute approximate surface area is 155 Å². The second-order valence-electron chi connectivity index (χ2n) is 7.05. The molecule has 6 nitrogen and oxygen atoms in total. The lowest BCUT2D eigenvalue weighted by atomic mass is 10.1. The number of ether oxygens (including phenoxy) is 1. The average Bonchev–Trinajstić information content (AvgIpc) is 3.15. The van der Waals surface area contributed by atoms with Gasteiger partial charge in [0.1, 0.15) is 0 Å². The fourth-order valence-electron chi connectivity index (χ4n) is 3.63. The first-order chi connectivity index (χ1) is 12.7. The number of hydrogen-bond donors (Lipinski definition) is 1. The number of nitrogens with zero attached hydrogens (tertiary/aromatic N) is 2. The molecule has 6 heteroatoms. The smallest absolute Gasteiger partial charge is 0.238 e. The number of aryl methyl sites for hydroxylation is 1. The van der Waals surface area contributed by atoms with Crippen molar-refractivity contribution in [3.63, 3.8) is 0 Å². The molecule has 0 aliphatic carbocycles. The molecule has 0 bridgehead atoms. The summed E-state index contributed by atoms with van der Waals surface area (Å²) in [6.45, 7) is 6.07. The van der Waals surface area contributed by atoms with Gasteiger partial charge in [-0.05, 0) is 30.9 Å². The number of para-hydroxylation sites is 1. The first kappa shape index (κ1) is 18.9. The summed E-state index contributed by atoms with van der Waals surface area (Å²) in [5.41, 5.74) is 2.04. The quantitative estimate of drug-likeness (QED) is 0.843. The minimum atomic E-state index is 0.00466. The van der Waals surface area contributed by atoms with E-state index in [2.05, 4.69) is 17.1 Å². The van der Waals surface area contributed by atoms with Crippen molar-refractivity contribution in [1.82, 2.24) is 9.80 Å². The zero-order valence-electron chi connectivity index (χ0n) is 15.6. The predicted octanol–water partition coefficient (Wildman–Crippen LogP) is 1.90. The Morgan fingerprint density at radius 1 is 1.19 bits per heavy atom. The summed E-state index contributed by atoms with van der Waals surface area (Å²) >= 11 is 0. The summed E-state index contributed by atoms with van der Waals surface area (Å²) in [5.74, 6) is 0.183. The van der Waals surface area contributed by atoms with Gasteiger partial charge < -0.3 is 15.0 Å². The van der Waals surface area contributed by atoms with Crippen molar-refractivity contribution < 1.29 is 14.3 Å². The van der Waals surface area contributed by atoms with Crippen LogP contribution >= 0.6 is 0 Å². The van der Waals surface area contributed by atoms with Crippen molar-refractivity contribution in [3.05, 3.63) is 29.8 Å². The zero-order valence-corrected chi connectivity index (χ0v) is 15.6. The Morgan fingerprint density at radius 2 is 1.96 bits per heavy atom. The van der Waals surface area contributed by atoms with Crippen molar-refractivity contribution in [2.45, 2.75) is 38.7 Å². The molecule has 0 aromatic heterocycles. The summed E-state index contributed by atoms with van der Waals surface area (Å²) in [6.07, 6.45) is 3.54. The molecule has 26 heavy (non-hydrogen) atoms. The highest BCUT2D eigenvalue weighted by Crippen LogP contribution is 2.18. The number of benzene rings is 1. The van der Waals surface area contributed by atoms with Crippen LogP contribution in [-0.4, -0.2) is 67.0 Å². The SMILES string of the molecule is CCc1ccccc1NC(=O)CN1CCN(C(=O)CC2CCCO2)CC1. The molecule has 2 amide bonds. The van der Waals surface area contributed by atoms with Crippen molar-refractivity contribution in [1.29, 1.82) is 0 Å². The highest BCUT2D eigenvalue weighted by atomic mass is 16.5. The first-order valence-electron chi connectivity index (χ1n) is 9.65. The molecule has 2 saturated heterocycles. The van der Waals surface area contributed by atoms with E-state index >= 15 is 0 Å². The third-order valence-electron chi connectivity index (χ3n) is 5.19. The summed E-state index contributed by atoms with van der Waals surface area (Å²) in [7, 11) is 0. The van der Waals surface area contributed by atoms with Gasteiger partial charge >= 0.3 is 0 Å². The average molecular weight is 359 g/mol. The van der Waals surface area contributed by atoms with Gasteiger partial charge in [0.15, 0.2) is 0 Å². The predicted molar refractivity (Wildman–Crippen MR) is 101 cm³/mol. The van der Waals surface area contributed by atoms with Crippen molar-refractivity contribution in [2.24, 2.45) is 0 Å². The molecule has 2 fully saturated rings. The second kappa shape index (κ2) is 9.14. The van der Waals surface area contributed by atoms with Crippen LogP contribution in [0.3, 0.4) is 0 Å². The number of rotatable bonds is 6. The Kier molecular flexibility index (Phi) is 6.63. The molecule has 0 saturated carbocycles. The maximum atomic E-state index is 12.3. The third kappa shape index (κ3) is 5.05. The van der Waals surface area contributed by atoms with E-state index in [1.807, 2.05) is 29.2 Å². The number of piperazine rings is 1. The molecule has 1 atom stereocenters. The fourth-order valence-corrected chi connectivity index (χ4v) is 3.63. The molecule has 2 heterocycles. The van der Waals surface area contributed by atoms with Gasteiger partial charge in [0, 0.05) is 38.5 Å². The van der Waals surface area contributed by atoms with E-state index in [9.17, 15) is 9.59 Å². The van der Waals surface area contributed by atoms with E-state index in [-0.39, 0.29) is 17.9 Å². The van der Waals surface area contributed by atoms with Crippen LogP contribution in [-0.2, 0) is 20.7 Å². The Balaban J connectivity index is 1.41. The number of nitrogens with one attached hydrogen (secondary N) is 1. The summed E-state index contributed by atoms with van der Waals surface area (Å²) in [4.78, 5) is 28.7. The van der Waals surface area contributed by atoms with Gasteiger partial charge in [-0.3, -0.25) is 14.5 Å². The van der Waals surface area contributed by atoms with Gasteiger partial charge in [0.05, 0.1) is 19.1 Å². The molecule has 0 radical (unpaired) electrons. The largest absolute Gasteiger partial charge is 0.378 e. The molecule has 1 aromatic rings. The van der Waals surface area contributed by atoms with Crippen molar-refractivity contribution in [2.75, 3.05) is 44.6 Å². The molecule has 1 unspecified atom stereocenters. The highest BCUT2D eigenvalue weighted by molar-refractivity contribution is 5.93.